The van der Waals surface area contributed by atoms with Gasteiger partial charge in [-0.3, -0.25) is 4.98 Å². The summed E-state index contributed by atoms with van der Waals surface area (Å²) >= 11 is 7.45. The first-order valence-corrected chi connectivity index (χ1v) is 6.86. The maximum Gasteiger partial charge on any atom is 0.0967 e. The topological polar surface area (TPSA) is 51.8 Å². The number of rotatable bonds is 4. The Morgan fingerprint density at radius 1 is 1.28 bits per heavy atom. The first-order chi connectivity index (χ1) is 8.66. The molecule has 94 valence electrons. The summed E-state index contributed by atoms with van der Waals surface area (Å²) in [5.74, 6) is 0. The number of nitrogens with zero attached hydrogens (tertiary/aromatic N) is 2. The predicted octanol–water partition coefficient (Wildman–Crippen LogP) is 3.31. The van der Waals surface area contributed by atoms with Gasteiger partial charge in [-0.25, -0.2) is 4.98 Å². The van der Waals surface area contributed by atoms with E-state index in [4.69, 9.17) is 17.3 Å². The van der Waals surface area contributed by atoms with Gasteiger partial charge in [-0.15, -0.1) is 0 Å². The normalized spacial score (nSPS) is 14.2. The third-order valence-electron chi connectivity index (χ3n) is 2.44. The zero-order valence-corrected chi connectivity index (χ0v) is 11.5. The van der Waals surface area contributed by atoms with Crippen LogP contribution in [0, 0.1) is 0 Å². The first-order valence-electron chi connectivity index (χ1n) is 5.60. The van der Waals surface area contributed by atoms with Gasteiger partial charge in [-0.2, -0.15) is 0 Å². The van der Waals surface area contributed by atoms with E-state index < -0.39 is 0 Å². The van der Waals surface area contributed by atoms with Crippen molar-refractivity contribution in [2.75, 3.05) is 0 Å². The Labute approximate surface area is 116 Å². The van der Waals surface area contributed by atoms with Gasteiger partial charge < -0.3 is 5.73 Å². The third kappa shape index (κ3) is 3.45. The Morgan fingerprint density at radius 2 is 2.11 bits per heavy atom. The summed E-state index contributed by atoms with van der Waals surface area (Å²) in [4.78, 5) is 8.41. The molecule has 0 amide bonds. The summed E-state index contributed by atoms with van der Waals surface area (Å²) in [6, 6.07) is 7.69. The van der Waals surface area contributed by atoms with Gasteiger partial charge in [0.15, 0.2) is 0 Å². The molecule has 0 radical (unpaired) electrons. The Balaban J connectivity index is 2.19. The van der Waals surface area contributed by atoms with Crippen molar-refractivity contribution in [1.82, 2.24) is 9.97 Å². The van der Waals surface area contributed by atoms with Crippen LogP contribution in [0.5, 0.6) is 0 Å². The fraction of sp³-hybridized carbons (Fsp3) is 0.231. The van der Waals surface area contributed by atoms with Gasteiger partial charge in [0.2, 0.25) is 0 Å². The van der Waals surface area contributed by atoms with E-state index in [1.807, 2.05) is 37.4 Å². The number of pyridine rings is 2. The average Bonchev–Trinajstić information content (AvgIpc) is 2.38. The maximum atomic E-state index is 6.04. The summed E-state index contributed by atoms with van der Waals surface area (Å²) in [7, 11) is 0. The van der Waals surface area contributed by atoms with Gasteiger partial charge in [0.25, 0.3) is 0 Å². The highest BCUT2D eigenvalue weighted by Crippen LogP contribution is 2.35. The number of thioether (sulfide) groups is 1. The fourth-order valence-electron chi connectivity index (χ4n) is 1.59. The average molecular weight is 280 g/mol. The Kier molecular flexibility index (Phi) is 4.58. The lowest BCUT2D eigenvalue weighted by Gasteiger charge is -2.19. The lowest BCUT2D eigenvalue weighted by molar-refractivity contribution is 0.718. The van der Waals surface area contributed by atoms with Crippen LogP contribution in [0.1, 0.15) is 17.7 Å². The van der Waals surface area contributed by atoms with Gasteiger partial charge in [0.1, 0.15) is 0 Å². The van der Waals surface area contributed by atoms with Crippen molar-refractivity contribution in [3.05, 3.63) is 53.4 Å². The molecule has 0 saturated heterocycles. The molecular weight excluding hydrogens is 266 g/mol. The van der Waals surface area contributed by atoms with Crippen molar-refractivity contribution < 1.29 is 0 Å². The number of hydrogen-bond donors (Lipinski definition) is 1. The van der Waals surface area contributed by atoms with Crippen LogP contribution in [-0.2, 0) is 0 Å². The molecule has 18 heavy (non-hydrogen) atoms. The minimum Gasteiger partial charge on any atom is -0.327 e. The minimum absolute atomic E-state index is 0.0108. The molecule has 0 spiro atoms. The molecule has 0 aliphatic rings. The molecule has 0 aliphatic carbocycles. The highest BCUT2D eigenvalue weighted by Gasteiger charge is 2.18. The summed E-state index contributed by atoms with van der Waals surface area (Å²) in [6.45, 7) is 1.99. The SMILES string of the molecule is CC(N)C(Sc1ccc(Cl)cn1)c1cccnc1. The minimum atomic E-state index is 0.0108. The van der Waals surface area contributed by atoms with Crippen molar-refractivity contribution in [3.63, 3.8) is 0 Å². The third-order valence-corrected chi connectivity index (χ3v) is 4.10. The van der Waals surface area contributed by atoms with Crippen LogP contribution in [0.3, 0.4) is 0 Å². The van der Waals surface area contributed by atoms with Crippen molar-refractivity contribution in [3.8, 4) is 0 Å². The Hall–Kier alpha value is -1.10. The van der Waals surface area contributed by atoms with E-state index in [1.165, 1.54) is 0 Å². The van der Waals surface area contributed by atoms with E-state index in [-0.39, 0.29) is 11.3 Å². The summed E-state index contributed by atoms with van der Waals surface area (Å²) in [6.07, 6.45) is 5.25. The Bertz CT molecular complexity index is 487. The molecule has 2 aromatic heterocycles. The van der Waals surface area contributed by atoms with Crippen LogP contribution in [0.4, 0.5) is 0 Å². The quantitative estimate of drug-likeness (QED) is 0.873. The highest BCUT2D eigenvalue weighted by atomic mass is 35.5. The zero-order valence-electron chi connectivity index (χ0n) is 9.95. The van der Waals surface area contributed by atoms with Crippen LogP contribution >= 0.6 is 23.4 Å². The van der Waals surface area contributed by atoms with Crippen LogP contribution in [0.2, 0.25) is 5.02 Å². The number of hydrogen-bond acceptors (Lipinski definition) is 4. The largest absolute Gasteiger partial charge is 0.327 e. The predicted molar refractivity (Wildman–Crippen MR) is 75.7 cm³/mol. The molecule has 0 bridgehead atoms. The molecule has 2 heterocycles. The van der Waals surface area contributed by atoms with Crippen molar-refractivity contribution >= 4 is 23.4 Å². The van der Waals surface area contributed by atoms with Crippen LogP contribution in [-0.4, -0.2) is 16.0 Å². The second kappa shape index (κ2) is 6.18. The molecule has 2 N–H and O–H groups in total. The van der Waals surface area contributed by atoms with E-state index in [0.717, 1.165) is 10.6 Å². The molecule has 5 heteroatoms. The van der Waals surface area contributed by atoms with Gasteiger partial charge in [0.05, 0.1) is 15.3 Å². The molecule has 2 rings (SSSR count). The van der Waals surface area contributed by atoms with E-state index in [2.05, 4.69) is 9.97 Å². The van der Waals surface area contributed by atoms with E-state index in [9.17, 15) is 0 Å². The molecule has 2 aromatic rings. The zero-order chi connectivity index (χ0) is 13.0. The van der Waals surface area contributed by atoms with E-state index >= 15 is 0 Å². The molecule has 0 aromatic carbocycles. The Morgan fingerprint density at radius 3 is 2.67 bits per heavy atom. The lowest BCUT2D eigenvalue weighted by atomic mass is 10.1. The van der Waals surface area contributed by atoms with Crippen LogP contribution in [0.15, 0.2) is 47.9 Å². The van der Waals surface area contributed by atoms with Gasteiger partial charge in [0, 0.05) is 24.6 Å². The molecular formula is C13H14ClN3S. The standard InChI is InChI=1S/C13H14ClN3S/c1-9(15)13(10-3-2-6-16-7-10)18-12-5-4-11(14)8-17-12/h2-9,13H,15H2,1H3. The second-order valence-corrected chi connectivity index (χ2v) is 5.60. The lowest BCUT2D eigenvalue weighted by Crippen LogP contribution is -2.22. The van der Waals surface area contributed by atoms with Gasteiger partial charge >= 0.3 is 0 Å². The first kappa shape index (κ1) is 13.3. The summed E-state index contributed by atoms with van der Waals surface area (Å²) < 4.78 is 0. The monoisotopic (exact) mass is 279 g/mol. The second-order valence-electron chi connectivity index (χ2n) is 4.00. The van der Waals surface area contributed by atoms with E-state index in [0.29, 0.717) is 5.02 Å². The van der Waals surface area contributed by atoms with Crippen molar-refractivity contribution in [1.29, 1.82) is 0 Å². The van der Waals surface area contributed by atoms with Crippen molar-refractivity contribution in [2.45, 2.75) is 23.2 Å². The molecule has 3 nitrogen and oxygen atoms in total. The van der Waals surface area contributed by atoms with Crippen LogP contribution < -0.4 is 5.73 Å². The summed E-state index contributed by atoms with van der Waals surface area (Å²) in [5.41, 5.74) is 7.15. The highest BCUT2D eigenvalue weighted by molar-refractivity contribution is 7.99. The number of halogens is 1. The molecule has 0 saturated carbocycles. The van der Waals surface area contributed by atoms with Crippen molar-refractivity contribution in [2.24, 2.45) is 5.73 Å². The number of aromatic nitrogens is 2. The maximum absolute atomic E-state index is 6.04. The molecule has 0 aliphatic heterocycles. The molecule has 0 fully saturated rings. The molecule has 2 atom stereocenters. The van der Waals surface area contributed by atoms with Gasteiger partial charge in [-0.1, -0.05) is 29.4 Å². The van der Waals surface area contributed by atoms with Crippen LogP contribution in [0.25, 0.3) is 0 Å². The number of nitrogens with two attached hydrogens (primary N) is 1. The van der Waals surface area contributed by atoms with Gasteiger partial charge in [-0.05, 0) is 30.7 Å². The van der Waals surface area contributed by atoms with E-state index in [1.54, 1.807) is 24.2 Å². The summed E-state index contributed by atoms with van der Waals surface area (Å²) in [5, 5.41) is 1.68. The fourth-order valence-corrected chi connectivity index (χ4v) is 2.71. The smallest absolute Gasteiger partial charge is 0.0967 e. The molecule has 2 unspecified atom stereocenters.